The van der Waals surface area contributed by atoms with Crippen LogP contribution in [0.25, 0.3) is 0 Å². The van der Waals surface area contributed by atoms with Crippen LogP contribution in [-0.2, 0) is 0 Å². The van der Waals surface area contributed by atoms with E-state index < -0.39 is 0 Å². The van der Waals surface area contributed by atoms with Gasteiger partial charge in [-0.25, -0.2) is 4.39 Å². The summed E-state index contributed by atoms with van der Waals surface area (Å²) in [5.74, 6) is 0.489. The van der Waals surface area contributed by atoms with E-state index >= 15 is 0 Å². The molecular weight excluding hydrogens is 243 g/mol. The highest BCUT2D eigenvalue weighted by Gasteiger charge is 2.11. The summed E-state index contributed by atoms with van der Waals surface area (Å²) in [4.78, 5) is 2.01. The number of ether oxygens (including phenoxy) is 1. The fraction of sp³-hybridized carbons (Fsp3) is 0.200. The zero-order valence-corrected chi connectivity index (χ0v) is 11.1. The van der Waals surface area contributed by atoms with Crippen LogP contribution in [0.1, 0.15) is 6.92 Å². The van der Waals surface area contributed by atoms with E-state index in [0.717, 1.165) is 23.7 Å². The van der Waals surface area contributed by atoms with Crippen LogP contribution >= 0.6 is 0 Å². The lowest BCUT2D eigenvalue weighted by molar-refractivity contribution is 0.415. The molecule has 0 bridgehead atoms. The number of hydrogen-bond donors (Lipinski definition) is 1. The van der Waals surface area contributed by atoms with Crippen molar-refractivity contribution in [1.82, 2.24) is 0 Å². The van der Waals surface area contributed by atoms with Crippen LogP contribution in [0.2, 0.25) is 0 Å². The molecule has 0 aromatic heterocycles. The molecule has 0 atom stereocenters. The van der Waals surface area contributed by atoms with Gasteiger partial charge < -0.3 is 15.4 Å². The van der Waals surface area contributed by atoms with Gasteiger partial charge in [-0.15, -0.1) is 0 Å². The summed E-state index contributed by atoms with van der Waals surface area (Å²) in [5.41, 5.74) is 8.42. The highest BCUT2D eigenvalue weighted by atomic mass is 19.1. The molecule has 19 heavy (non-hydrogen) atoms. The molecule has 2 rings (SSSR count). The van der Waals surface area contributed by atoms with Gasteiger partial charge in [-0.2, -0.15) is 0 Å². The maximum atomic E-state index is 13.0. The summed E-state index contributed by atoms with van der Waals surface area (Å²) in [5, 5.41) is 0. The molecular formula is C15H17FN2O. The largest absolute Gasteiger partial charge is 0.497 e. The van der Waals surface area contributed by atoms with E-state index in [1.54, 1.807) is 25.3 Å². The molecule has 0 radical (unpaired) electrons. The van der Waals surface area contributed by atoms with Crippen molar-refractivity contribution in [3.8, 4) is 5.75 Å². The Balaban J connectivity index is 2.44. The summed E-state index contributed by atoms with van der Waals surface area (Å²) < 4.78 is 18.2. The molecule has 2 aromatic carbocycles. The van der Waals surface area contributed by atoms with Crippen molar-refractivity contribution >= 4 is 17.1 Å². The number of nitrogens with two attached hydrogens (primary N) is 1. The minimum absolute atomic E-state index is 0.251. The Kier molecular flexibility index (Phi) is 3.90. The van der Waals surface area contributed by atoms with E-state index in [2.05, 4.69) is 0 Å². The third-order valence-corrected chi connectivity index (χ3v) is 2.98. The van der Waals surface area contributed by atoms with E-state index in [0.29, 0.717) is 5.69 Å². The van der Waals surface area contributed by atoms with Gasteiger partial charge in [0.15, 0.2) is 0 Å². The fourth-order valence-corrected chi connectivity index (χ4v) is 2.00. The summed E-state index contributed by atoms with van der Waals surface area (Å²) >= 11 is 0. The van der Waals surface area contributed by atoms with E-state index in [4.69, 9.17) is 10.5 Å². The molecule has 0 aliphatic rings. The van der Waals surface area contributed by atoms with Crippen LogP contribution in [0.4, 0.5) is 21.5 Å². The average molecular weight is 260 g/mol. The molecule has 0 saturated heterocycles. The summed E-state index contributed by atoms with van der Waals surface area (Å²) in [6, 6.07) is 11.8. The molecule has 2 aromatic rings. The summed E-state index contributed by atoms with van der Waals surface area (Å²) in [7, 11) is 1.61. The summed E-state index contributed by atoms with van der Waals surface area (Å²) in [6.45, 7) is 2.74. The molecule has 4 heteroatoms. The number of benzene rings is 2. The third kappa shape index (κ3) is 2.78. The van der Waals surface area contributed by atoms with Crippen molar-refractivity contribution < 1.29 is 9.13 Å². The zero-order chi connectivity index (χ0) is 13.8. The predicted octanol–water partition coefficient (Wildman–Crippen LogP) is 3.57. The van der Waals surface area contributed by atoms with Gasteiger partial charge in [0.2, 0.25) is 0 Å². The monoisotopic (exact) mass is 260 g/mol. The highest BCUT2D eigenvalue weighted by molar-refractivity contribution is 5.76. The topological polar surface area (TPSA) is 38.5 Å². The van der Waals surface area contributed by atoms with Crippen molar-refractivity contribution in [2.24, 2.45) is 0 Å². The van der Waals surface area contributed by atoms with E-state index in [-0.39, 0.29) is 5.82 Å². The second-order valence-corrected chi connectivity index (χ2v) is 4.15. The van der Waals surface area contributed by atoms with Gasteiger partial charge in [0, 0.05) is 18.3 Å². The van der Waals surface area contributed by atoms with E-state index in [1.807, 2.05) is 24.0 Å². The number of anilines is 3. The van der Waals surface area contributed by atoms with Crippen LogP contribution in [0.3, 0.4) is 0 Å². The molecule has 3 nitrogen and oxygen atoms in total. The lowest BCUT2D eigenvalue weighted by atomic mass is 10.2. The molecule has 0 aliphatic carbocycles. The van der Waals surface area contributed by atoms with Crippen LogP contribution in [0.15, 0.2) is 42.5 Å². The Hall–Kier alpha value is -2.23. The fourth-order valence-electron chi connectivity index (χ4n) is 2.00. The molecule has 0 aliphatic heterocycles. The van der Waals surface area contributed by atoms with Gasteiger partial charge >= 0.3 is 0 Å². The maximum absolute atomic E-state index is 13.0. The van der Waals surface area contributed by atoms with Crippen molar-refractivity contribution in [2.75, 3.05) is 24.3 Å². The Morgan fingerprint density at radius 1 is 1.16 bits per heavy atom. The number of hydrogen-bond acceptors (Lipinski definition) is 3. The van der Waals surface area contributed by atoms with Crippen molar-refractivity contribution in [1.29, 1.82) is 0 Å². The maximum Gasteiger partial charge on any atom is 0.123 e. The predicted molar refractivity (Wildman–Crippen MR) is 76.5 cm³/mol. The highest BCUT2D eigenvalue weighted by Crippen LogP contribution is 2.33. The SMILES string of the molecule is CCN(c1ccc(F)cc1)c1cc(OC)ccc1N. The van der Waals surface area contributed by atoms with Crippen molar-refractivity contribution in [3.63, 3.8) is 0 Å². The first-order chi connectivity index (χ1) is 9.15. The molecule has 0 unspecified atom stereocenters. The van der Waals surface area contributed by atoms with Crippen LogP contribution in [0.5, 0.6) is 5.75 Å². The first-order valence-corrected chi connectivity index (χ1v) is 6.12. The third-order valence-electron chi connectivity index (χ3n) is 2.98. The van der Waals surface area contributed by atoms with E-state index in [1.165, 1.54) is 12.1 Å². The van der Waals surface area contributed by atoms with Gasteiger partial charge in [-0.1, -0.05) is 0 Å². The Labute approximate surface area is 112 Å². The molecule has 0 amide bonds. The number of methoxy groups -OCH3 is 1. The molecule has 0 heterocycles. The van der Waals surface area contributed by atoms with Gasteiger partial charge in [-0.3, -0.25) is 0 Å². The van der Waals surface area contributed by atoms with Gasteiger partial charge in [0.25, 0.3) is 0 Å². The van der Waals surface area contributed by atoms with Gasteiger partial charge in [-0.05, 0) is 43.3 Å². The zero-order valence-electron chi connectivity index (χ0n) is 11.1. The average Bonchev–Trinajstić information content (AvgIpc) is 2.43. The number of halogens is 1. The Morgan fingerprint density at radius 3 is 2.42 bits per heavy atom. The summed E-state index contributed by atoms with van der Waals surface area (Å²) in [6.07, 6.45) is 0. The first-order valence-electron chi connectivity index (χ1n) is 6.12. The van der Waals surface area contributed by atoms with Crippen molar-refractivity contribution in [3.05, 3.63) is 48.3 Å². The molecule has 0 spiro atoms. The second kappa shape index (κ2) is 5.61. The van der Waals surface area contributed by atoms with Crippen LogP contribution in [0, 0.1) is 5.82 Å². The van der Waals surface area contributed by atoms with Gasteiger partial charge in [0.05, 0.1) is 18.5 Å². The smallest absolute Gasteiger partial charge is 0.123 e. The molecule has 0 saturated carbocycles. The lowest BCUT2D eigenvalue weighted by Crippen LogP contribution is -2.17. The van der Waals surface area contributed by atoms with Crippen LogP contribution in [-0.4, -0.2) is 13.7 Å². The van der Waals surface area contributed by atoms with Crippen LogP contribution < -0.4 is 15.4 Å². The minimum atomic E-state index is -0.251. The number of rotatable bonds is 4. The molecule has 2 N–H and O–H groups in total. The molecule has 0 fully saturated rings. The minimum Gasteiger partial charge on any atom is -0.497 e. The normalized spacial score (nSPS) is 10.3. The Bertz CT molecular complexity index is 555. The van der Waals surface area contributed by atoms with Gasteiger partial charge in [0.1, 0.15) is 11.6 Å². The quantitative estimate of drug-likeness (QED) is 0.854. The number of nitrogens with zero attached hydrogens (tertiary/aromatic N) is 1. The van der Waals surface area contributed by atoms with Crippen molar-refractivity contribution in [2.45, 2.75) is 6.92 Å². The lowest BCUT2D eigenvalue weighted by Gasteiger charge is -2.25. The Morgan fingerprint density at radius 2 is 1.84 bits per heavy atom. The second-order valence-electron chi connectivity index (χ2n) is 4.15. The van der Waals surface area contributed by atoms with E-state index in [9.17, 15) is 4.39 Å². The number of nitrogen functional groups attached to an aromatic ring is 1. The first kappa shape index (κ1) is 13.2. The molecule has 100 valence electrons. The standard InChI is InChI=1S/C15H17FN2O/c1-3-18(12-6-4-11(16)5-7-12)15-10-13(19-2)8-9-14(15)17/h4-10H,3,17H2,1-2H3.